The molecule has 0 aliphatic heterocycles. The molecule has 0 saturated carbocycles. The van der Waals surface area contributed by atoms with E-state index in [1.54, 1.807) is 0 Å². The third-order valence-electron chi connectivity index (χ3n) is 3.75. The Morgan fingerprint density at radius 2 is 1.64 bits per heavy atom. The highest BCUT2D eigenvalue weighted by Gasteiger charge is 2.13. The van der Waals surface area contributed by atoms with Gasteiger partial charge in [0.15, 0.2) is 0 Å². The minimum Gasteiger partial charge on any atom is -0.345 e. The van der Waals surface area contributed by atoms with Crippen molar-refractivity contribution >= 4 is 28.3 Å². The normalized spacial score (nSPS) is 12.1. The molecule has 0 bridgehead atoms. The van der Waals surface area contributed by atoms with Gasteiger partial charge in [-0.25, -0.2) is 0 Å². The summed E-state index contributed by atoms with van der Waals surface area (Å²) in [6.07, 6.45) is 0. The smallest absolute Gasteiger partial charge is 0.252 e. The second-order valence-corrected chi connectivity index (χ2v) is 5.71. The van der Waals surface area contributed by atoms with Gasteiger partial charge in [-0.3, -0.25) is 4.79 Å². The van der Waals surface area contributed by atoms with E-state index in [0.717, 1.165) is 16.3 Å². The van der Waals surface area contributed by atoms with E-state index in [0.29, 0.717) is 10.6 Å². The van der Waals surface area contributed by atoms with E-state index < -0.39 is 0 Å². The number of fused-ring (bicyclic) bond motifs is 1. The number of rotatable bonds is 3. The lowest BCUT2D eigenvalue weighted by atomic mass is 10.0. The highest BCUT2D eigenvalue weighted by atomic mass is 35.5. The van der Waals surface area contributed by atoms with Crippen LogP contribution in [0.15, 0.2) is 66.7 Å². The van der Waals surface area contributed by atoms with Gasteiger partial charge < -0.3 is 5.32 Å². The van der Waals surface area contributed by atoms with Gasteiger partial charge >= 0.3 is 0 Å². The van der Waals surface area contributed by atoms with Crippen molar-refractivity contribution < 1.29 is 4.79 Å². The number of carbonyl (C=O) groups is 1. The molecule has 0 heterocycles. The zero-order valence-electron chi connectivity index (χ0n) is 12.2. The van der Waals surface area contributed by atoms with Crippen LogP contribution in [0.5, 0.6) is 0 Å². The molecule has 1 N–H and O–H groups in total. The zero-order chi connectivity index (χ0) is 15.5. The number of hydrogen-bond donors (Lipinski definition) is 1. The summed E-state index contributed by atoms with van der Waals surface area (Å²) < 4.78 is 0. The van der Waals surface area contributed by atoms with Gasteiger partial charge in [-0.05, 0) is 41.5 Å². The average Bonchev–Trinajstić information content (AvgIpc) is 2.54. The molecule has 22 heavy (non-hydrogen) atoms. The van der Waals surface area contributed by atoms with E-state index in [1.807, 2.05) is 73.7 Å². The molecule has 3 heteroatoms. The lowest BCUT2D eigenvalue weighted by Gasteiger charge is -2.15. The van der Waals surface area contributed by atoms with Gasteiger partial charge in [-0.15, -0.1) is 0 Å². The number of hydrogen-bond acceptors (Lipinski definition) is 1. The van der Waals surface area contributed by atoms with E-state index >= 15 is 0 Å². The molecule has 0 fully saturated rings. The van der Waals surface area contributed by atoms with Gasteiger partial charge in [0.2, 0.25) is 0 Å². The standard InChI is InChI=1S/C19H16ClNO/c1-13(14-9-11-16(20)12-10-14)21-19(22)18-8-4-6-15-5-2-3-7-17(15)18/h2-13H,1H3,(H,21,22). The second-order valence-electron chi connectivity index (χ2n) is 5.27. The van der Waals surface area contributed by atoms with Crippen molar-refractivity contribution in [2.75, 3.05) is 0 Å². The third kappa shape index (κ3) is 2.97. The Kier molecular flexibility index (Phi) is 4.12. The summed E-state index contributed by atoms with van der Waals surface area (Å²) in [4.78, 5) is 12.6. The number of carbonyl (C=O) groups excluding carboxylic acids is 1. The van der Waals surface area contributed by atoms with E-state index in [2.05, 4.69) is 5.32 Å². The van der Waals surface area contributed by atoms with Crippen molar-refractivity contribution in [3.05, 3.63) is 82.9 Å². The van der Waals surface area contributed by atoms with Crippen molar-refractivity contribution in [3.63, 3.8) is 0 Å². The zero-order valence-corrected chi connectivity index (χ0v) is 13.0. The molecule has 3 aromatic carbocycles. The van der Waals surface area contributed by atoms with Crippen LogP contribution in [-0.2, 0) is 0 Å². The van der Waals surface area contributed by atoms with Crippen LogP contribution in [0, 0.1) is 0 Å². The van der Waals surface area contributed by atoms with Crippen LogP contribution in [0.3, 0.4) is 0 Å². The maximum absolute atomic E-state index is 12.6. The first-order chi connectivity index (χ1) is 10.6. The molecule has 110 valence electrons. The van der Waals surface area contributed by atoms with E-state index in [4.69, 9.17) is 11.6 Å². The molecule has 2 nitrogen and oxygen atoms in total. The Morgan fingerprint density at radius 1 is 0.955 bits per heavy atom. The van der Waals surface area contributed by atoms with Crippen molar-refractivity contribution in [3.8, 4) is 0 Å². The average molecular weight is 310 g/mol. The first-order valence-electron chi connectivity index (χ1n) is 7.19. The van der Waals surface area contributed by atoms with Crippen LogP contribution < -0.4 is 5.32 Å². The quantitative estimate of drug-likeness (QED) is 0.726. The Hall–Kier alpha value is -2.32. The van der Waals surface area contributed by atoms with Crippen LogP contribution in [0.1, 0.15) is 28.9 Å². The highest BCUT2D eigenvalue weighted by Crippen LogP contribution is 2.20. The maximum atomic E-state index is 12.6. The van der Waals surface area contributed by atoms with E-state index in [9.17, 15) is 4.79 Å². The molecule has 1 atom stereocenters. The van der Waals surface area contributed by atoms with Crippen molar-refractivity contribution in [1.82, 2.24) is 5.32 Å². The summed E-state index contributed by atoms with van der Waals surface area (Å²) in [5, 5.41) is 5.76. The fraction of sp³-hybridized carbons (Fsp3) is 0.105. The van der Waals surface area contributed by atoms with Gasteiger partial charge in [-0.2, -0.15) is 0 Å². The number of nitrogens with one attached hydrogen (secondary N) is 1. The molecule has 0 spiro atoms. The fourth-order valence-corrected chi connectivity index (χ4v) is 2.66. The first-order valence-corrected chi connectivity index (χ1v) is 7.57. The van der Waals surface area contributed by atoms with Gasteiger partial charge in [0, 0.05) is 10.6 Å². The molecule has 0 aromatic heterocycles. The molecule has 0 saturated heterocycles. The van der Waals surface area contributed by atoms with Gasteiger partial charge in [0.1, 0.15) is 0 Å². The molecule has 1 unspecified atom stereocenters. The van der Waals surface area contributed by atoms with Crippen LogP contribution in [0.25, 0.3) is 10.8 Å². The molecular weight excluding hydrogens is 294 g/mol. The topological polar surface area (TPSA) is 29.1 Å². The minimum atomic E-state index is -0.0799. The highest BCUT2D eigenvalue weighted by molar-refractivity contribution is 6.30. The number of benzene rings is 3. The van der Waals surface area contributed by atoms with E-state index in [1.165, 1.54) is 0 Å². The fourth-order valence-electron chi connectivity index (χ4n) is 2.53. The SMILES string of the molecule is CC(NC(=O)c1cccc2ccccc12)c1ccc(Cl)cc1. The van der Waals surface area contributed by atoms with Crippen molar-refractivity contribution in [2.45, 2.75) is 13.0 Å². The lowest BCUT2D eigenvalue weighted by molar-refractivity contribution is 0.0941. The van der Waals surface area contributed by atoms with Crippen LogP contribution in [-0.4, -0.2) is 5.91 Å². The minimum absolute atomic E-state index is 0.0701. The van der Waals surface area contributed by atoms with Gasteiger partial charge in [-0.1, -0.05) is 60.1 Å². The molecule has 3 aromatic rings. The van der Waals surface area contributed by atoms with Crippen molar-refractivity contribution in [1.29, 1.82) is 0 Å². The van der Waals surface area contributed by atoms with Gasteiger partial charge in [0.05, 0.1) is 6.04 Å². The van der Waals surface area contributed by atoms with Crippen LogP contribution in [0.4, 0.5) is 0 Å². The second kappa shape index (κ2) is 6.20. The molecular formula is C19H16ClNO. The molecule has 0 radical (unpaired) electrons. The largest absolute Gasteiger partial charge is 0.345 e. The molecule has 3 rings (SSSR count). The predicted octanol–water partition coefficient (Wildman–Crippen LogP) is 4.98. The summed E-state index contributed by atoms with van der Waals surface area (Å²) in [5.74, 6) is -0.0701. The van der Waals surface area contributed by atoms with Gasteiger partial charge in [0.25, 0.3) is 5.91 Å². The number of halogens is 1. The van der Waals surface area contributed by atoms with Crippen LogP contribution >= 0.6 is 11.6 Å². The Morgan fingerprint density at radius 3 is 2.41 bits per heavy atom. The Labute approximate surface area is 134 Å². The summed E-state index contributed by atoms with van der Waals surface area (Å²) in [7, 11) is 0. The van der Waals surface area contributed by atoms with Crippen LogP contribution in [0.2, 0.25) is 5.02 Å². The Bertz CT molecular complexity index is 806. The Balaban J connectivity index is 1.85. The van der Waals surface area contributed by atoms with E-state index in [-0.39, 0.29) is 11.9 Å². The molecule has 0 aliphatic rings. The predicted molar refractivity (Wildman–Crippen MR) is 91.3 cm³/mol. The monoisotopic (exact) mass is 309 g/mol. The summed E-state index contributed by atoms with van der Waals surface area (Å²) in [5.41, 5.74) is 1.72. The van der Waals surface area contributed by atoms with Crippen molar-refractivity contribution in [2.24, 2.45) is 0 Å². The lowest BCUT2D eigenvalue weighted by Crippen LogP contribution is -2.26. The summed E-state index contributed by atoms with van der Waals surface area (Å²) in [6, 6.07) is 21.1. The summed E-state index contributed by atoms with van der Waals surface area (Å²) >= 11 is 5.90. The summed E-state index contributed by atoms with van der Waals surface area (Å²) in [6.45, 7) is 1.96. The third-order valence-corrected chi connectivity index (χ3v) is 4.00. The number of amides is 1. The molecule has 1 amide bonds. The molecule has 0 aliphatic carbocycles. The maximum Gasteiger partial charge on any atom is 0.252 e. The first kappa shape index (κ1) is 14.6.